The molecule has 2 N–H and O–H groups in total. The topological polar surface area (TPSA) is 108 Å². The van der Waals surface area contributed by atoms with Gasteiger partial charge in [0.1, 0.15) is 13.2 Å². The van der Waals surface area contributed by atoms with Crippen molar-refractivity contribution >= 4 is 13.7 Å². The summed E-state index contributed by atoms with van der Waals surface area (Å²) >= 11 is 0. The Kier molecular flexibility index (Phi) is 54.9. The lowest BCUT2D eigenvalue weighted by Gasteiger charge is -2.30. The van der Waals surface area contributed by atoms with Gasteiger partial charge < -0.3 is 28.8 Å². The fourth-order valence-corrected chi connectivity index (χ4v) is 11.0. The molecule has 1 amide bonds. The van der Waals surface area contributed by atoms with Gasteiger partial charge in [-0.15, -0.1) is 0 Å². The van der Waals surface area contributed by atoms with Gasteiger partial charge in [-0.25, -0.2) is 0 Å². The van der Waals surface area contributed by atoms with E-state index in [1.165, 1.54) is 283 Å². The highest BCUT2D eigenvalue weighted by Crippen LogP contribution is 2.38. The molecule has 432 valence electrons. The number of aliphatic hydroxyl groups is 1. The molecule has 0 aromatic rings. The summed E-state index contributed by atoms with van der Waals surface area (Å²) in [7, 11) is 1.33. The second-order valence-corrected chi connectivity index (χ2v) is 25.3. The van der Waals surface area contributed by atoms with Crippen LogP contribution in [0.4, 0.5) is 0 Å². The third kappa shape index (κ3) is 57.2. The number of nitrogens with one attached hydrogen (secondary N) is 1. The minimum Gasteiger partial charge on any atom is -0.756 e. The van der Waals surface area contributed by atoms with Gasteiger partial charge in [0.25, 0.3) is 7.82 Å². The molecule has 0 fully saturated rings. The number of hydrogen-bond donors (Lipinski definition) is 2. The van der Waals surface area contributed by atoms with Gasteiger partial charge in [0.2, 0.25) is 5.91 Å². The molecule has 0 saturated heterocycles. The lowest BCUT2D eigenvalue weighted by Crippen LogP contribution is -2.46. The van der Waals surface area contributed by atoms with Crippen molar-refractivity contribution in [1.29, 1.82) is 0 Å². The van der Waals surface area contributed by atoms with Gasteiger partial charge in [-0.1, -0.05) is 328 Å². The number of aliphatic hydroxyl groups excluding tert-OH is 1. The predicted octanol–water partition coefficient (Wildman–Crippen LogP) is 19.4. The molecule has 0 radical (unpaired) electrons. The van der Waals surface area contributed by atoms with E-state index in [1.54, 1.807) is 0 Å². The average Bonchev–Trinajstić information content (AvgIpc) is 3.34. The van der Waals surface area contributed by atoms with E-state index in [0.717, 1.165) is 38.5 Å². The molecule has 0 aliphatic carbocycles. The minimum atomic E-state index is -4.57. The van der Waals surface area contributed by atoms with E-state index in [-0.39, 0.29) is 19.1 Å². The molecule has 0 aliphatic rings. The van der Waals surface area contributed by atoms with Crippen LogP contribution >= 0.6 is 7.82 Å². The molecule has 0 rings (SSSR count). The number of nitrogens with zero attached hydrogens (tertiary/aromatic N) is 1. The largest absolute Gasteiger partial charge is 0.756 e. The standard InChI is InChI=1S/C63H129N2O6P/c1-6-8-10-12-14-16-18-20-22-24-25-26-27-28-29-30-31-32-33-34-35-36-37-38-39-41-42-44-46-48-50-52-54-56-62(66)61(60-71-72(68,69)70-59-58-65(3,4)5)64-63(67)57-55-53-51-49-47-45-43-40-23-21-19-17-15-13-11-9-7-2/h61-62,66H,6-60H2,1-5H3,(H-,64,67,68,69). The van der Waals surface area contributed by atoms with Crippen molar-refractivity contribution in [3.05, 3.63) is 0 Å². The average molecular weight is 1040 g/mol. The molecule has 0 aromatic heterocycles. The number of likely N-dealkylation sites (N-methyl/N-ethyl adjacent to an activating group) is 1. The van der Waals surface area contributed by atoms with Gasteiger partial charge in [0.05, 0.1) is 39.9 Å². The number of amides is 1. The van der Waals surface area contributed by atoms with Crippen molar-refractivity contribution in [2.24, 2.45) is 0 Å². The van der Waals surface area contributed by atoms with E-state index >= 15 is 0 Å². The molecule has 3 atom stereocenters. The predicted molar refractivity (Wildman–Crippen MR) is 312 cm³/mol. The zero-order valence-corrected chi connectivity index (χ0v) is 50.3. The number of carbonyl (C=O) groups is 1. The summed E-state index contributed by atoms with van der Waals surface area (Å²) in [4.78, 5) is 25.6. The van der Waals surface area contributed by atoms with Crippen LogP contribution in [0.2, 0.25) is 0 Å². The smallest absolute Gasteiger partial charge is 0.268 e. The van der Waals surface area contributed by atoms with Crippen LogP contribution < -0.4 is 10.2 Å². The van der Waals surface area contributed by atoms with Crippen LogP contribution in [-0.2, 0) is 18.4 Å². The molecule has 0 bridgehead atoms. The number of phosphoric acid groups is 1. The number of hydrogen-bond acceptors (Lipinski definition) is 6. The second kappa shape index (κ2) is 55.3. The maximum atomic E-state index is 13.0. The van der Waals surface area contributed by atoms with E-state index in [2.05, 4.69) is 19.2 Å². The molecular formula is C63H129N2O6P. The fourth-order valence-electron chi connectivity index (χ4n) is 10.3. The summed E-state index contributed by atoms with van der Waals surface area (Å²) in [5, 5.41) is 14.1. The zero-order valence-electron chi connectivity index (χ0n) is 49.4. The Labute approximate surface area is 450 Å². The monoisotopic (exact) mass is 1040 g/mol. The van der Waals surface area contributed by atoms with Crippen LogP contribution in [0.3, 0.4) is 0 Å². The van der Waals surface area contributed by atoms with E-state index in [9.17, 15) is 19.4 Å². The van der Waals surface area contributed by atoms with Gasteiger partial charge in [0, 0.05) is 6.42 Å². The summed E-state index contributed by atoms with van der Waals surface area (Å²) in [5.41, 5.74) is 0. The molecular weight excluding hydrogens is 912 g/mol. The summed E-state index contributed by atoms with van der Waals surface area (Å²) in [6, 6.07) is -0.795. The first-order valence-corrected chi connectivity index (χ1v) is 33.8. The molecule has 0 heterocycles. The number of phosphoric ester groups is 1. The molecule has 3 unspecified atom stereocenters. The van der Waals surface area contributed by atoms with Crippen LogP contribution in [0.25, 0.3) is 0 Å². The second-order valence-electron chi connectivity index (χ2n) is 23.8. The fraction of sp³-hybridized carbons (Fsp3) is 0.984. The quantitative estimate of drug-likeness (QED) is 0.0357. The Morgan fingerprint density at radius 2 is 0.681 bits per heavy atom. The van der Waals surface area contributed by atoms with Crippen molar-refractivity contribution in [3.63, 3.8) is 0 Å². The van der Waals surface area contributed by atoms with Gasteiger partial charge in [-0.3, -0.25) is 9.36 Å². The van der Waals surface area contributed by atoms with Crippen molar-refractivity contribution < 1.29 is 32.9 Å². The minimum absolute atomic E-state index is 0.0167. The van der Waals surface area contributed by atoms with Crippen LogP contribution in [-0.4, -0.2) is 68.5 Å². The van der Waals surface area contributed by atoms with Crippen LogP contribution in [0.15, 0.2) is 0 Å². The zero-order chi connectivity index (χ0) is 52.7. The summed E-state index contributed by atoms with van der Waals surface area (Å²) in [6.07, 6.45) is 67.4. The number of unbranched alkanes of at least 4 members (excludes halogenated alkanes) is 48. The van der Waals surface area contributed by atoms with Gasteiger partial charge in [-0.2, -0.15) is 0 Å². The number of carbonyl (C=O) groups excluding carboxylic acids is 1. The first kappa shape index (κ1) is 71.5. The third-order valence-electron chi connectivity index (χ3n) is 15.3. The Morgan fingerprint density at radius 1 is 0.431 bits per heavy atom. The summed E-state index contributed by atoms with van der Waals surface area (Å²) < 4.78 is 23.5. The third-order valence-corrected chi connectivity index (χ3v) is 16.3. The first-order valence-electron chi connectivity index (χ1n) is 32.4. The molecule has 9 heteroatoms. The van der Waals surface area contributed by atoms with E-state index in [1.807, 2.05) is 21.1 Å². The summed E-state index contributed by atoms with van der Waals surface area (Å²) in [6.45, 7) is 4.79. The molecule has 72 heavy (non-hydrogen) atoms. The number of quaternary nitrogens is 1. The highest BCUT2D eigenvalue weighted by molar-refractivity contribution is 7.45. The Morgan fingerprint density at radius 3 is 0.944 bits per heavy atom. The van der Waals surface area contributed by atoms with Crippen molar-refractivity contribution in [2.75, 3.05) is 40.9 Å². The van der Waals surface area contributed by atoms with E-state index in [0.29, 0.717) is 23.9 Å². The van der Waals surface area contributed by atoms with Crippen LogP contribution in [0, 0.1) is 0 Å². The van der Waals surface area contributed by atoms with Crippen molar-refractivity contribution in [1.82, 2.24) is 5.32 Å². The van der Waals surface area contributed by atoms with Gasteiger partial charge >= 0.3 is 0 Å². The first-order chi connectivity index (χ1) is 35.0. The molecule has 0 aliphatic heterocycles. The SMILES string of the molecule is CCCCCCCCCCCCCCCCCCCCCCCCCCCCCCCCCCCC(O)C(COP(=O)([O-])OCC[N+](C)(C)C)NC(=O)CCCCCCCCCCCCCCCCCCC. The van der Waals surface area contributed by atoms with Gasteiger partial charge in [-0.05, 0) is 12.8 Å². The Balaban J connectivity index is 3.96. The lowest BCUT2D eigenvalue weighted by molar-refractivity contribution is -0.870. The normalized spacial score (nSPS) is 13.7. The highest BCUT2D eigenvalue weighted by atomic mass is 31.2. The van der Waals surface area contributed by atoms with E-state index in [4.69, 9.17) is 9.05 Å². The summed E-state index contributed by atoms with van der Waals surface area (Å²) in [5.74, 6) is -0.156. The van der Waals surface area contributed by atoms with Crippen LogP contribution in [0.5, 0.6) is 0 Å². The number of rotatable bonds is 61. The van der Waals surface area contributed by atoms with E-state index < -0.39 is 20.0 Å². The molecule has 8 nitrogen and oxygen atoms in total. The molecule has 0 spiro atoms. The van der Waals surface area contributed by atoms with Crippen molar-refractivity contribution in [2.45, 2.75) is 360 Å². The molecule has 0 aromatic carbocycles. The van der Waals surface area contributed by atoms with Crippen molar-refractivity contribution in [3.8, 4) is 0 Å². The maximum Gasteiger partial charge on any atom is 0.268 e. The highest BCUT2D eigenvalue weighted by Gasteiger charge is 2.24. The Bertz CT molecular complexity index is 1140. The van der Waals surface area contributed by atoms with Gasteiger partial charge in [0.15, 0.2) is 0 Å². The Hall–Kier alpha value is -0.500. The lowest BCUT2D eigenvalue weighted by atomic mass is 10.0. The van der Waals surface area contributed by atoms with Crippen LogP contribution in [0.1, 0.15) is 348 Å². The molecule has 0 saturated carbocycles. The maximum absolute atomic E-state index is 13.0.